The topological polar surface area (TPSA) is 91.0 Å². The van der Waals surface area contributed by atoms with Crippen LogP contribution in [0.15, 0.2) is 18.2 Å². The van der Waals surface area contributed by atoms with Crippen LogP contribution in [0.3, 0.4) is 0 Å². The van der Waals surface area contributed by atoms with E-state index in [0.717, 1.165) is 16.8 Å². The number of piperidine rings is 1. The van der Waals surface area contributed by atoms with Gasteiger partial charge in [0.05, 0.1) is 6.04 Å². The Kier molecular flexibility index (Phi) is 2.98. The molecule has 1 aromatic carbocycles. The lowest BCUT2D eigenvalue weighted by Gasteiger charge is -2.34. The van der Waals surface area contributed by atoms with Crippen molar-refractivity contribution in [3.05, 3.63) is 29.3 Å². The van der Waals surface area contributed by atoms with Crippen molar-refractivity contribution in [3.63, 3.8) is 0 Å². The predicted molar refractivity (Wildman–Crippen MR) is 75.5 cm³/mol. The minimum Gasteiger partial charge on any atom is -0.348 e. The second-order valence-electron chi connectivity index (χ2n) is 5.72. The second kappa shape index (κ2) is 4.89. The largest absolute Gasteiger partial charge is 0.348 e. The maximum atomic E-state index is 12.1. The van der Waals surface area contributed by atoms with Crippen molar-refractivity contribution >= 4 is 23.9 Å². The Labute approximate surface area is 126 Å². The number of benzene rings is 1. The minimum absolute atomic E-state index is 0.0671. The standard InChI is InChI=1S/C15H15N3O4/c19-7-16-10-3-1-2-8-9(10)6-18(15-13(8)22-15)11-4-5-12(20)17-14(11)21/h1-3,7,11,13,15H,4-6H2,(H,16,19)(H,17,20,21). The summed E-state index contributed by atoms with van der Waals surface area (Å²) in [6.07, 6.45) is 1.29. The molecule has 2 N–H and O–H groups in total. The lowest BCUT2D eigenvalue weighted by Crippen LogP contribution is -2.53. The van der Waals surface area contributed by atoms with Crippen LogP contribution in [0.25, 0.3) is 0 Å². The maximum absolute atomic E-state index is 12.1. The number of anilines is 1. The number of nitrogens with one attached hydrogen (secondary N) is 2. The van der Waals surface area contributed by atoms with Gasteiger partial charge in [0.1, 0.15) is 12.3 Å². The van der Waals surface area contributed by atoms with E-state index in [1.165, 1.54) is 0 Å². The van der Waals surface area contributed by atoms with Crippen molar-refractivity contribution in [1.29, 1.82) is 0 Å². The molecule has 1 aromatic rings. The van der Waals surface area contributed by atoms with Crippen molar-refractivity contribution in [3.8, 4) is 0 Å². The second-order valence-corrected chi connectivity index (χ2v) is 5.72. The van der Waals surface area contributed by atoms with Crippen LogP contribution < -0.4 is 10.6 Å². The lowest BCUT2D eigenvalue weighted by atomic mass is 9.94. The highest BCUT2D eigenvalue weighted by molar-refractivity contribution is 6.00. The van der Waals surface area contributed by atoms with Gasteiger partial charge in [0.15, 0.2) is 0 Å². The highest BCUT2D eigenvalue weighted by atomic mass is 16.6. The van der Waals surface area contributed by atoms with E-state index in [1.807, 2.05) is 23.1 Å². The van der Waals surface area contributed by atoms with Gasteiger partial charge in [0.25, 0.3) is 0 Å². The molecule has 2 saturated heterocycles. The smallest absolute Gasteiger partial charge is 0.244 e. The normalized spacial score (nSPS) is 30.1. The Morgan fingerprint density at radius 3 is 3.00 bits per heavy atom. The number of epoxide rings is 1. The van der Waals surface area contributed by atoms with E-state index in [2.05, 4.69) is 10.6 Å². The summed E-state index contributed by atoms with van der Waals surface area (Å²) in [7, 11) is 0. The van der Waals surface area contributed by atoms with Gasteiger partial charge in [-0.05, 0) is 23.6 Å². The van der Waals surface area contributed by atoms with E-state index in [1.54, 1.807) is 0 Å². The van der Waals surface area contributed by atoms with E-state index in [9.17, 15) is 14.4 Å². The van der Waals surface area contributed by atoms with Crippen LogP contribution in [0, 0.1) is 0 Å². The first-order chi connectivity index (χ1) is 10.7. The number of amides is 3. The molecule has 0 aliphatic carbocycles. The lowest BCUT2D eigenvalue weighted by molar-refractivity contribution is -0.138. The van der Waals surface area contributed by atoms with Crippen molar-refractivity contribution in [2.45, 2.75) is 37.8 Å². The van der Waals surface area contributed by atoms with Gasteiger partial charge in [-0.1, -0.05) is 12.1 Å². The Bertz CT molecular complexity index is 675. The fourth-order valence-electron chi connectivity index (χ4n) is 3.39. The molecule has 0 bridgehead atoms. The summed E-state index contributed by atoms with van der Waals surface area (Å²) in [5.41, 5.74) is 2.76. The van der Waals surface area contributed by atoms with E-state index < -0.39 is 0 Å². The van der Waals surface area contributed by atoms with E-state index in [0.29, 0.717) is 25.8 Å². The first kappa shape index (κ1) is 13.4. The third kappa shape index (κ3) is 2.01. The Morgan fingerprint density at radius 2 is 2.23 bits per heavy atom. The van der Waals surface area contributed by atoms with Gasteiger partial charge in [-0.3, -0.25) is 24.6 Å². The van der Waals surface area contributed by atoms with Crippen molar-refractivity contribution < 1.29 is 19.1 Å². The van der Waals surface area contributed by atoms with Crippen LogP contribution in [-0.2, 0) is 25.7 Å². The van der Waals surface area contributed by atoms with Crippen molar-refractivity contribution in [2.24, 2.45) is 0 Å². The van der Waals surface area contributed by atoms with Crippen molar-refractivity contribution in [1.82, 2.24) is 10.2 Å². The quantitative estimate of drug-likeness (QED) is 0.475. The van der Waals surface area contributed by atoms with Crippen molar-refractivity contribution in [2.75, 3.05) is 5.32 Å². The highest BCUT2D eigenvalue weighted by Gasteiger charge is 2.53. The summed E-state index contributed by atoms with van der Waals surface area (Å²) in [5.74, 6) is -0.495. The van der Waals surface area contributed by atoms with Crippen LogP contribution in [0.4, 0.5) is 5.69 Å². The number of ether oxygens (including phenoxy) is 1. The Morgan fingerprint density at radius 1 is 1.36 bits per heavy atom. The molecule has 0 aromatic heterocycles. The first-order valence-electron chi connectivity index (χ1n) is 7.26. The molecule has 0 saturated carbocycles. The van der Waals surface area contributed by atoms with Gasteiger partial charge in [0.2, 0.25) is 18.2 Å². The molecule has 2 fully saturated rings. The number of nitrogens with zero attached hydrogens (tertiary/aromatic N) is 1. The predicted octanol–water partition coefficient (Wildman–Crippen LogP) is 0.273. The summed E-state index contributed by atoms with van der Waals surface area (Å²) < 4.78 is 5.72. The molecule has 3 atom stereocenters. The monoisotopic (exact) mass is 301 g/mol. The summed E-state index contributed by atoms with van der Waals surface area (Å²) in [4.78, 5) is 36.1. The SMILES string of the molecule is O=CNc1cccc2c1CN(C1CCC(=O)NC1=O)C1OC21. The van der Waals surface area contributed by atoms with Gasteiger partial charge < -0.3 is 10.1 Å². The van der Waals surface area contributed by atoms with Crippen LogP contribution >= 0.6 is 0 Å². The molecule has 3 amide bonds. The third-order valence-electron chi connectivity index (χ3n) is 4.48. The number of carbonyl (C=O) groups is 3. The van der Waals surface area contributed by atoms with Crippen LogP contribution in [0.5, 0.6) is 0 Å². The van der Waals surface area contributed by atoms with Gasteiger partial charge in [-0.15, -0.1) is 0 Å². The zero-order valence-electron chi connectivity index (χ0n) is 11.7. The molecule has 7 heteroatoms. The average Bonchev–Trinajstić information content (AvgIpc) is 3.28. The third-order valence-corrected chi connectivity index (χ3v) is 4.48. The summed E-state index contributed by atoms with van der Waals surface area (Å²) in [6.45, 7) is 0.514. The van der Waals surface area contributed by atoms with E-state index >= 15 is 0 Å². The number of rotatable bonds is 3. The summed E-state index contributed by atoms with van der Waals surface area (Å²) in [5, 5.41) is 5.08. The number of imide groups is 1. The van der Waals surface area contributed by atoms with Gasteiger partial charge >= 0.3 is 0 Å². The molecular weight excluding hydrogens is 286 g/mol. The number of carbonyl (C=O) groups excluding carboxylic acids is 3. The van der Waals surface area contributed by atoms with Gasteiger partial charge in [-0.25, -0.2) is 0 Å². The van der Waals surface area contributed by atoms with Gasteiger partial charge in [0, 0.05) is 18.7 Å². The molecule has 0 radical (unpaired) electrons. The average molecular weight is 301 g/mol. The van der Waals surface area contributed by atoms with Gasteiger partial charge in [-0.2, -0.15) is 0 Å². The van der Waals surface area contributed by atoms with Crippen LogP contribution in [0.2, 0.25) is 0 Å². The molecular formula is C15H15N3O4. The fraction of sp³-hybridized carbons (Fsp3) is 0.400. The van der Waals surface area contributed by atoms with E-state index in [-0.39, 0.29) is 30.2 Å². The summed E-state index contributed by atoms with van der Waals surface area (Å²) in [6, 6.07) is 5.33. The zero-order valence-corrected chi connectivity index (χ0v) is 11.7. The minimum atomic E-state index is -0.370. The molecule has 3 aliphatic rings. The Balaban J connectivity index is 1.65. The molecule has 7 nitrogen and oxygen atoms in total. The number of hydrogen-bond donors (Lipinski definition) is 2. The van der Waals surface area contributed by atoms with Crippen LogP contribution in [-0.4, -0.2) is 35.4 Å². The summed E-state index contributed by atoms with van der Waals surface area (Å²) >= 11 is 0. The molecule has 0 spiro atoms. The number of fused-ring (bicyclic) bond motifs is 3. The highest BCUT2D eigenvalue weighted by Crippen LogP contribution is 2.49. The Hall–Kier alpha value is -2.25. The first-order valence-corrected chi connectivity index (χ1v) is 7.26. The molecule has 3 aliphatic heterocycles. The molecule has 22 heavy (non-hydrogen) atoms. The molecule has 114 valence electrons. The van der Waals surface area contributed by atoms with E-state index in [4.69, 9.17) is 4.74 Å². The fourth-order valence-corrected chi connectivity index (χ4v) is 3.39. The number of hydrogen-bond acceptors (Lipinski definition) is 5. The molecule has 3 unspecified atom stereocenters. The maximum Gasteiger partial charge on any atom is 0.244 e. The zero-order chi connectivity index (χ0) is 15.3. The molecule has 4 rings (SSSR count). The van der Waals surface area contributed by atoms with Crippen LogP contribution in [0.1, 0.15) is 30.1 Å². The molecule has 3 heterocycles.